The van der Waals surface area contributed by atoms with Crippen molar-refractivity contribution in [1.82, 2.24) is 4.98 Å². The number of hydrogen-bond acceptors (Lipinski definition) is 4. The molecule has 88 valence electrons. The molecule has 1 aliphatic rings. The van der Waals surface area contributed by atoms with Gasteiger partial charge in [0, 0.05) is 13.1 Å². The number of carbonyl (C=O) groups is 1. The summed E-state index contributed by atoms with van der Waals surface area (Å²) in [6.45, 7) is 6.37. The molecule has 0 amide bonds. The van der Waals surface area contributed by atoms with E-state index in [9.17, 15) is 4.79 Å². The highest BCUT2D eigenvalue weighted by Gasteiger charge is 2.17. The number of nitrogens with zero attached hydrogens (tertiary/aromatic N) is 2. The molecule has 1 aromatic heterocycles. The largest absolute Gasteiger partial charge is 0.348 e. The van der Waals surface area contributed by atoms with Gasteiger partial charge in [-0.2, -0.15) is 0 Å². The Bertz CT molecular complexity index is 375. The van der Waals surface area contributed by atoms with Gasteiger partial charge in [-0.25, -0.2) is 4.98 Å². The Morgan fingerprint density at radius 3 is 2.94 bits per heavy atom. The lowest BCUT2D eigenvalue weighted by Gasteiger charge is -2.18. The summed E-state index contributed by atoms with van der Waals surface area (Å²) in [5.41, 5.74) is 0.868. The van der Waals surface area contributed by atoms with Gasteiger partial charge in [0.05, 0.1) is 10.6 Å². The fraction of sp³-hybridized carbons (Fsp3) is 0.667. The fourth-order valence-corrected chi connectivity index (χ4v) is 3.02. The maximum Gasteiger partial charge on any atom is 0.186 e. The topological polar surface area (TPSA) is 33.2 Å². The normalized spacial score (nSPS) is 21.9. The standard InChI is InChI=1S/C12H18N2OS/c1-9-4-3-6-14(7-5-9)12-13-10(2)11(8-15)16-12/h8-9H,3-7H2,1-2H3. The van der Waals surface area contributed by atoms with E-state index in [1.54, 1.807) is 0 Å². The summed E-state index contributed by atoms with van der Waals surface area (Å²) in [7, 11) is 0. The predicted octanol–water partition coefficient (Wildman–Crippen LogP) is 2.89. The van der Waals surface area contributed by atoms with Gasteiger partial charge in [-0.05, 0) is 32.1 Å². The van der Waals surface area contributed by atoms with E-state index in [0.717, 1.165) is 41.0 Å². The molecule has 0 saturated carbocycles. The van der Waals surface area contributed by atoms with Crippen LogP contribution in [-0.2, 0) is 0 Å². The van der Waals surface area contributed by atoms with Crippen molar-refractivity contribution >= 4 is 22.8 Å². The lowest BCUT2D eigenvalue weighted by Crippen LogP contribution is -2.23. The van der Waals surface area contributed by atoms with E-state index in [1.165, 1.54) is 30.6 Å². The van der Waals surface area contributed by atoms with Crippen LogP contribution >= 0.6 is 11.3 Å². The van der Waals surface area contributed by atoms with Crippen molar-refractivity contribution in [2.45, 2.75) is 33.1 Å². The summed E-state index contributed by atoms with van der Waals surface area (Å²) in [5, 5.41) is 1.02. The molecule has 4 heteroatoms. The van der Waals surface area contributed by atoms with Crippen molar-refractivity contribution in [2.24, 2.45) is 5.92 Å². The number of aromatic nitrogens is 1. The van der Waals surface area contributed by atoms with E-state index in [4.69, 9.17) is 0 Å². The van der Waals surface area contributed by atoms with E-state index >= 15 is 0 Å². The number of carbonyl (C=O) groups excluding carboxylic acids is 1. The van der Waals surface area contributed by atoms with Gasteiger partial charge < -0.3 is 4.90 Å². The Morgan fingerprint density at radius 1 is 1.44 bits per heavy atom. The molecule has 16 heavy (non-hydrogen) atoms. The van der Waals surface area contributed by atoms with Crippen LogP contribution in [0.4, 0.5) is 5.13 Å². The minimum absolute atomic E-state index is 0.771. The predicted molar refractivity (Wildman–Crippen MR) is 67.5 cm³/mol. The molecular weight excluding hydrogens is 220 g/mol. The molecule has 1 fully saturated rings. The van der Waals surface area contributed by atoms with Crippen LogP contribution in [0.2, 0.25) is 0 Å². The lowest BCUT2D eigenvalue weighted by atomic mass is 10.0. The van der Waals surface area contributed by atoms with Crippen LogP contribution in [0.15, 0.2) is 0 Å². The molecule has 0 spiro atoms. The number of anilines is 1. The maximum absolute atomic E-state index is 10.8. The maximum atomic E-state index is 10.8. The first-order valence-corrected chi connectivity index (χ1v) is 6.70. The van der Waals surface area contributed by atoms with Crippen LogP contribution in [0.5, 0.6) is 0 Å². The highest BCUT2D eigenvalue weighted by Crippen LogP contribution is 2.27. The molecule has 1 saturated heterocycles. The zero-order valence-corrected chi connectivity index (χ0v) is 10.7. The summed E-state index contributed by atoms with van der Waals surface area (Å²) >= 11 is 1.52. The van der Waals surface area contributed by atoms with Gasteiger partial charge in [-0.15, -0.1) is 0 Å². The van der Waals surface area contributed by atoms with E-state index < -0.39 is 0 Å². The number of hydrogen-bond donors (Lipinski definition) is 0. The molecule has 1 aliphatic heterocycles. The van der Waals surface area contributed by atoms with Crippen LogP contribution in [0.1, 0.15) is 41.6 Å². The van der Waals surface area contributed by atoms with Crippen LogP contribution in [0, 0.1) is 12.8 Å². The van der Waals surface area contributed by atoms with Crippen molar-refractivity contribution in [3.8, 4) is 0 Å². The van der Waals surface area contributed by atoms with Crippen LogP contribution in [0.3, 0.4) is 0 Å². The third-order valence-electron chi connectivity index (χ3n) is 3.22. The van der Waals surface area contributed by atoms with Gasteiger partial charge in [0.1, 0.15) is 0 Å². The van der Waals surface area contributed by atoms with E-state index in [-0.39, 0.29) is 0 Å². The Hall–Kier alpha value is -0.900. The minimum atomic E-state index is 0.771. The SMILES string of the molecule is Cc1nc(N2CCCC(C)CC2)sc1C=O. The summed E-state index contributed by atoms with van der Waals surface area (Å²) in [6.07, 6.45) is 4.68. The van der Waals surface area contributed by atoms with Gasteiger partial charge >= 0.3 is 0 Å². The molecule has 1 aromatic rings. The summed E-state index contributed by atoms with van der Waals surface area (Å²) < 4.78 is 0. The highest BCUT2D eigenvalue weighted by atomic mass is 32.1. The average Bonchev–Trinajstić information content (AvgIpc) is 2.50. The van der Waals surface area contributed by atoms with E-state index in [0.29, 0.717) is 0 Å². The van der Waals surface area contributed by atoms with Crippen molar-refractivity contribution in [3.63, 3.8) is 0 Å². The Balaban J connectivity index is 2.13. The molecule has 0 aromatic carbocycles. The smallest absolute Gasteiger partial charge is 0.186 e. The lowest BCUT2D eigenvalue weighted by molar-refractivity contribution is 0.112. The van der Waals surface area contributed by atoms with Gasteiger partial charge in [0.15, 0.2) is 11.4 Å². The summed E-state index contributed by atoms with van der Waals surface area (Å²) in [4.78, 5) is 18.4. The first-order valence-electron chi connectivity index (χ1n) is 5.88. The molecular formula is C12H18N2OS. The van der Waals surface area contributed by atoms with E-state index in [1.807, 2.05) is 6.92 Å². The second kappa shape index (κ2) is 4.95. The molecule has 0 N–H and O–H groups in total. The molecule has 1 unspecified atom stereocenters. The van der Waals surface area contributed by atoms with Gasteiger partial charge in [0.25, 0.3) is 0 Å². The molecule has 2 rings (SSSR count). The molecule has 2 heterocycles. The van der Waals surface area contributed by atoms with Crippen molar-refractivity contribution in [1.29, 1.82) is 0 Å². The molecule has 3 nitrogen and oxygen atoms in total. The zero-order valence-electron chi connectivity index (χ0n) is 9.90. The third-order valence-corrected chi connectivity index (χ3v) is 4.36. The van der Waals surface area contributed by atoms with Gasteiger partial charge in [0.2, 0.25) is 0 Å². The number of thiazole rings is 1. The second-order valence-electron chi connectivity index (χ2n) is 4.59. The minimum Gasteiger partial charge on any atom is -0.348 e. The van der Waals surface area contributed by atoms with Gasteiger partial charge in [-0.3, -0.25) is 4.79 Å². The van der Waals surface area contributed by atoms with Crippen LogP contribution in [-0.4, -0.2) is 24.4 Å². The monoisotopic (exact) mass is 238 g/mol. The highest BCUT2D eigenvalue weighted by molar-refractivity contribution is 7.17. The van der Waals surface area contributed by atoms with Crippen LogP contribution < -0.4 is 4.90 Å². The Kier molecular flexibility index (Phi) is 3.59. The van der Waals surface area contributed by atoms with Crippen molar-refractivity contribution < 1.29 is 4.79 Å². The Labute approximate surface area is 100 Å². The summed E-state index contributed by atoms with van der Waals surface area (Å²) in [6, 6.07) is 0. The third kappa shape index (κ3) is 2.43. The zero-order chi connectivity index (χ0) is 11.5. The van der Waals surface area contributed by atoms with Crippen LogP contribution in [0.25, 0.3) is 0 Å². The average molecular weight is 238 g/mol. The van der Waals surface area contributed by atoms with E-state index in [2.05, 4.69) is 16.8 Å². The molecule has 0 bridgehead atoms. The molecule has 0 aliphatic carbocycles. The fourth-order valence-electron chi connectivity index (χ4n) is 2.09. The number of aldehydes is 1. The number of aryl methyl sites for hydroxylation is 1. The van der Waals surface area contributed by atoms with Crippen molar-refractivity contribution in [2.75, 3.05) is 18.0 Å². The molecule has 0 radical (unpaired) electrons. The first-order chi connectivity index (χ1) is 7.70. The molecule has 1 atom stereocenters. The van der Waals surface area contributed by atoms with Crippen molar-refractivity contribution in [3.05, 3.63) is 10.6 Å². The summed E-state index contributed by atoms with van der Waals surface area (Å²) in [5.74, 6) is 0.816. The Morgan fingerprint density at radius 2 is 2.25 bits per heavy atom. The quantitative estimate of drug-likeness (QED) is 0.743. The number of rotatable bonds is 2. The first kappa shape index (κ1) is 11.6. The van der Waals surface area contributed by atoms with Gasteiger partial charge in [-0.1, -0.05) is 18.3 Å². The second-order valence-corrected chi connectivity index (χ2v) is 5.60.